The topological polar surface area (TPSA) is 97.7 Å². The van der Waals surface area contributed by atoms with Crippen LogP contribution in [0.2, 0.25) is 0 Å². The molecule has 1 N–H and O–H groups in total. The van der Waals surface area contributed by atoms with E-state index in [0.29, 0.717) is 43.3 Å². The van der Waals surface area contributed by atoms with Crippen LogP contribution in [0.1, 0.15) is 113 Å². The molecule has 0 amide bonds. The van der Waals surface area contributed by atoms with Gasteiger partial charge in [-0.1, -0.05) is 34.6 Å². The Labute approximate surface area is 228 Å². The Bertz CT molecular complexity index is 1080. The third kappa shape index (κ3) is 3.16. The van der Waals surface area contributed by atoms with Crippen LogP contribution >= 0.6 is 0 Å². The number of hydrogen-bond donors (Lipinski definition) is 1. The molecule has 5 fully saturated rings. The molecule has 0 aromatic rings. The van der Waals surface area contributed by atoms with Crippen LogP contribution in [0.25, 0.3) is 0 Å². The van der Waals surface area contributed by atoms with Gasteiger partial charge in [0.15, 0.2) is 0 Å². The second-order valence-corrected chi connectivity index (χ2v) is 15.2. The van der Waals surface area contributed by atoms with E-state index < -0.39 is 28.5 Å². The normalized spacial score (nSPS) is 46.0. The van der Waals surface area contributed by atoms with Crippen molar-refractivity contribution < 1.29 is 29.0 Å². The highest BCUT2D eigenvalue weighted by molar-refractivity contribution is 6.42. The highest BCUT2D eigenvalue weighted by Crippen LogP contribution is 2.90. The molecule has 212 valence electrons. The summed E-state index contributed by atoms with van der Waals surface area (Å²) < 4.78 is 5.39. The van der Waals surface area contributed by atoms with E-state index in [1.54, 1.807) is 13.8 Å². The molecule has 6 nitrogen and oxygen atoms in total. The average molecular weight is 529 g/mol. The molecular weight excluding hydrogens is 480 g/mol. The number of carbonyl (C=O) groups is 4. The van der Waals surface area contributed by atoms with Crippen LogP contribution in [0.4, 0.5) is 0 Å². The van der Waals surface area contributed by atoms with E-state index in [9.17, 15) is 24.3 Å². The van der Waals surface area contributed by atoms with E-state index in [4.69, 9.17) is 4.74 Å². The standard InChI is InChI=1S/C32H48O6/c1-18-31-15-14-23(34)27(3,4)21(31)12-13-22-30(8)26(36)25(35)20(29(30,7)16-17-32(18,22)31)10-9-11-24(28(5,6)37)38-19(2)33/h18,20-22,24,37H,9-17H2,1-8H3. The molecule has 38 heavy (non-hydrogen) atoms. The Balaban J connectivity index is 1.42. The van der Waals surface area contributed by atoms with Crippen molar-refractivity contribution in [1.29, 1.82) is 0 Å². The van der Waals surface area contributed by atoms with Crippen LogP contribution < -0.4 is 0 Å². The summed E-state index contributed by atoms with van der Waals surface area (Å²) in [5.41, 5.74) is -2.43. The Kier molecular flexibility index (Phi) is 6.07. The SMILES string of the molecule is CC(=O)OC(CCCC1C(=O)C(=O)C2(C)C3CCC4C(C)(C)C(=O)CCC45C(C)C35CCC12C)C(C)(C)O. The second kappa shape index (κ2) is 8.24. The van der Waals surface area contributed by atoms with Crippen molar-refractivity contribution in [3.8, 4) is 0 Å². The lowest BCUT2D eigenvalue weighted by Gasteiger charge is -2.60. The van der Waals surface area contributed by atoms with Crippen LogP contribution in [-0.4, -0.2) is 40.1 Å². The molecule has 0 saturated heterocycles. The number of ether oxygens (including phenoxy) is 1. The first-order valence-corrected chi connectivity index (χ1v) is 15.0. The number of fused-ring (bicyclic) bond motifs is 2. The predicted octanol–water partition coefficient (Wildman–Crippen LogP) is 5.47. The molecule has 0 aromatic carbocycles. The Morgan fingerprint density at radius 1 is 1.03 bits per heavy atom. The number of esters is 1. The summed E-state index contributed by atoms with van der Waals surface area (Å²) in [6.07, 6.45) is 6.30. The maximum absolute atomic E-state index is 14.0. The van der Waals surface area contributed by atoms with E-state index in [-0.39, 0.29) is 39.6 Å². The second-order valence-electron chi connectivity index (χ2n) is 15.2. The molecule has 9 atom stereocenters. The predicted molar refractivity (Wildman–Crippen MR) is 143 cm³/mol. The van der Waals surface area contributed by atoms with Gasteiger partial charge in [-0.3, -0.25) is 19.2 Å². The fourth-order valence-corrected chi connectivity index (χ4v) is 11.4. The van der Waals surface area contributed by atoms with Crippen molar-refractivity contribution in [2.24, 2.45) is 50.7 Å². The van der Waals surface area contributed by atoms with E-state index in [1.165, 1.54) is 6.92 Å². The zero-order valence-corrected chi connectivity index (χ0v) is 24.7. The first-order chi connectivity index (χ1) is 17.4. The van der Waals surface area contributed by atoms with Crippen molar-refractivity contribution >= 4 is 23.3 Å². The van der Waals surface area contributed by atoms with Crippen molar-refractivity contribution in [2.75, 3.05) is 0 Å². The zero-order valence-electron chi connectivity index (χ0n) is 24.7. The van der Waals surface area contributed by atoms with Gasteiger partial charge in [-0.25, -0.2) is 0 Å². The third-order valence-corrected chi connectivity index (χ3v) is 13.4. The molecule has 5 saturated carbocycles. The van der Waals surface area contributed by atoms with E-state index in [2.05, 4.69) is 34.6 Å². The van der Waals surface area contributed by atoms with E-state index >= 15 is 0 Å². The van der Waals surface area contributed by atoms with Gasteiger partial charge in [0.25, 0.3) is 0 Å². The Morgan fingerprint density at radius 3 is 2.24 bits per heavy atom. The Morgan fingerprint density at radius 2 is 1.63 bits per heavy atom. The summed E-state index contributed by atoms with van der Waals surface area (Å²) in [5.74, 6) is 0.225. The van der Waals surface area contributed by atoms with Crippen LogP contribution in [0.5, 0.6) is 0 Å². The van der Waals surface area contributed by atoms with Gasteiger partial charge in [-0.2, -0.15) is 0 Å². The zero-order chi connectivity index (χ0) is 28.3. The highest BCUT2D eigenvalue weighted by atomic mass is 16.6. The lowest BCUT2D eigenvalue weighted by atomic mass is 9.42. The molecule has 5 rings (SSSR count). The summed E-state index contributed by atoms with van der Waals surface area (Å²) >= 11 is 0. The molecular formula is C32H48O6. The van der Waals surface area contributed by atoms with Crippen LogP contribution in [0.15, 0.2) is 0 Å². The molecule has 0 aliphatic heterocycles. The number of aliphatic hydroxyl groups is 1. The van der Waals surface area contributed by atoms with Gasteiger partial charge in [0.1, 0.15) is 11.9 Å². The monoisotopic (exact) mass is 528 g/mol. The van der Waals surface area contributed by atoms with Gasteiger partial charge in [0.2, 0.25) is 11.6 Å². The molecule has 5 aliphatic carbocycles. The average Bonchev–Trinajstić information content (AvgIpc) is 3.31. The van der Waals surface area contributed by atoms with Gasteiger partial charge in [-0.05, 0) is 99.2 Å². The largest absolute Gasteiger partial charge is 0.460 e. The number of hydrogen-bond acceptors (Lipinski definition) is 6. The van der Waals surface area contributed by atoms with Crippen molar-refractivity contribution in [3.05, 3.63) is 0 Å². The molecule has 2 spiro atoms. The minimum Gasteiger partial charge on any atom is -0.460 e. The fourth-order valence-electron chi connectivity index (χ4n) is 11.4. The smallest absolute Gasteiger partial charge is 0.303 e. The summed E-state index contributed by atoms with van der Waals surface area (Å²) in [6.45, 7) is 15.6. The molecule has 6 heteroatoms. The van der Waals surface area contributed by atoms with Gasteiger partial charge < -0.3 is 9.84 Å². The summed E-state index contributed by atoms with van der Waals surface area (Å²) in [6, 6.07) is 0. The van der Waals surface area contributed by atoms with Crippen molar-refractivity contribution in [2.45, 2.75) is 125 Å². The van der Waals surface area contributed by atoms with E-state index in [1.807, 2.05) is 0 Å². The molecule has 0 radical (unpaired) electrons. The first kappa shape index (κ1) is 28.0. The van der Waals surface area contributed by atoms with Crippen LogP contribution in [0.3, 0.4) is 0 Å². The summed E-state index contributed by atoms with van der Waals surface area (Å²) in [7, 11) is 0. The van der Waals surface area contributed by atoms with Gasteiger partial charge in [0.05, 0.1) is 5.60 Å². The highest BCUT2D eigenvalue weighted by Gasteiger charge is 2.87. The molecule has 5 aliphatic rings. The first-order valence-electron chi connectivity index (χ1n) is 15.0. The van der Waals surface area contributed by atoms with Gasteiger partial charge in [0, 0.05) is 30.1 Å². The van der Waals surface area contributed by atoms with Crippen molar-refractivity contribution in [3.63, 3.8) is 0 Å². The molecule has 0 heterocycles. The summed E-state index contributed by atoms with van der Waals surface area (Å²) in [4.78, 5) is 52.3. The minimum atomic E-state index is -1.18. The fraction of sp³-hybridized carbons (Fsp3) is 0.875. The van der Waals surface area contributed by atoms with Crippen LogP contribution in [-0.2, 0) is 23.9 Å². The van der Waals surface area contributed by atoms with Gasteiger partial charge in [-0.15, -0.1) is 0 Å². The molecule has 0 aromatic heterocycles. The van der Waals surface area contributed by atoms with E-state index in [0.717, 1.165) is 32.1 Å². The number of Topliss-reactive ketones (excluding diaryl/α,β-unsaturated/α-hetero) is 3. The molecule has 0 bridgehead atoms. The Hall–Kier alpha value is -1.56. The number of rotatable bonds is 6. The maximum atomic E-state index is 14.0. The maximum Gasteiger partial charge on any atom is 0.303 e. The lowest BCUT2D eigenvalue weighted by molar-refractivity contribution is -0.164. The summed E-state index contributed by atoms with van der Waals surface area (Å²) in [5, 5.41) is 10.5. The lowest BCUT2D eigenvalue weighted by Crippen LogP contribution is -2.58. The third-order valence-electron chi connectivity index (χ3n) is 13.4. The quantitative estimate of drug-likeness (QED) is 0.363. The number of ketones is 3. The van der Waals surface area contributed by atoms with Crippen molar-refractivity contribution in [1.82, 2.24) is 0 Å². The number of carbonyl (C=O) groups excluding carboxylic acids is 4. The molecule has 9 unspecified atom stereocenters. The minimum absolute atomic E-state index is 0.0499. The van der Waals surface area contributed by atoms with Gasteiger partial charge >= 0.3 is 5.97 Å². The van der Waals surface area contributed by atoms with Crippen LogP contribution in [0, 0.1) is 50.7 Å².